The molecule has 1 saturated carbocycles. The summed E-state index contributed by atoms with van der Waals surface area (Å²) in [7, 11) is -4.07. The van der Waals surface area contributed by atoms with Crippen LogP contribution in [0.15, 0.2) is 23.4 Å². The van der Waals surface area contributed by atoms with E-state index in [1.54, 1.807) is 0 Å². The summed E-state index contributed by atoms with van der Waals surface area (Å²) < 4.78 is 40.5. The lowest BCUT2D eigenvalue weighted by Gasteiger charge is -2.38. The van der Waals surface area contributed by atoms with Gasteiger partial charge in [0.05, 0.1) is 12.1 Å². The first-order chi connectivity index (χ1) is 9.38. The zero-order valence-corrected chi connectivity index (χ0v) is 12.2. The van der Waals surface area contributed by atoms with Crippen molar-refractivity contribution in [3.63, 3.8) is 0 Å². The number of aromatic nitrogens is 1. The van der Waals surface area contributed by atoms with Gasteiger partial charge in [-0.05, 0) is 43.7 Å². The smallest absolute Gasteiger partial charge is 0.261 e. The van der Waals surface area contributed by atoms with Crippen molar-refractivity contribution >= 4 is 10.0 Å². The minimum Gasteiger partial charge on any atom is -0.394 e. The topological polar surface area (TPSA) is 79.3 Å². The maximum Gasteiger partial charge on any atom is 0.261 e. The fraction of sp³-hybridized carbons (Fsp3) is 0.615. The van der Waals surface area contributed by atoms with Gasteiger partial charge in [0.25, 0.3) is 10.0 Å². The van der Waals surface area contributed by atoms with Crippen molar-refractivity contribution < 1.29 is 17.9 Å². The zero-order valence-electron chi connectivity index (χ0n) is 11.3. The van der Waals surface area contributed by atoms with E-state index in [-0.39, 0.29) is 6.61 Å². The quantitative estimate of drug-likeness (QED) is 0.882. The van der Waals surface area contributed by atoms with Crippen LogP contribution in [-0.4, -0.2) is 30.7 Å². The summed E-state index contributed by atoms with van der Waals surface area (Å²) in [5.74, 6) is -0.386. The van der Waals surface area contributed by atoms with E-state index in [1.165, 1.54) is 12.3 Å². The Morgan fingerprint density at radius 2 is 2.15 bits per heavy atom. The van der Waals surface area contributed by atoms with Crippen molar-refractivity contribution in [2.45, 2.75) is 43.2 Å². The third-order valence-corrected chi connectivity index (χ3v) is 5.38. The number of aliphatic hydroxyl groups is 1. The van der Waals surface area contributed by atoms with Crippen LogP contribution in [0.1, 0.15) is 32.6 Å². The fourth-order valence-corrected chi connectivity index (χ4v) is 3.97. The number of hydrogen-bond acceptors (Lipinski definition) is 4. The van der Waals surface area contributed by atoms with Gasteiger partial charge < -0.3 is 5.11 Å². The third-order valence-electron chi connectivity index (χ3n) is 3.86. The van der Waals surface area contributed by atoms with Crippen LogP contribution in [0.25, 0.3) is 0 Å². The number of rotatable bonds is 4. The van der Waals surface area contributed by atoms with Gasteiger partial charge in [-0.2, -0.15) is 0 Å². The van der Waals surface area contributed by atoms with Gasteiger partial charge in [0.2, 0.25) is 5.03 Å². The summed E-state index contributed by atoms with van der Waals surface area (Å²) in [5, 5.41) is 8.95. The molecule has 0 atom stereocenters. The van der Waals surface area contributed by atoms with Gasteiger partial charge in [-0.3, -0.25) is 0 Å². The van der Waals surface area contributed by atoms with Crippen LogP contribution >= 0.6 is 0 Å². The zero-order chi connectivity index (χ0) is 14.8. The minimum atomic E-state index is -4.07. The second-order valence-corrected chi connectivity index (χ2v) is 7.11. The molecule has 0 bridgehead atoms. The number of sulfonamides is 1. The van der Waals surface area contributed by atoms with Gasteiger partial charge in [0.1, 0.15) is 0 Å². The van der Waals surface area contributed by atoms with Gasteiger partial charge in [0, 0.05) is 6.20 Å². The molecular weight excluding hydrogens is 283 g/mol. The van der Waals surface area contributed by atoms with Crippen molar-refractivity contribution in [3.05, 3.63) is 24.1 Å². The van der Waals surface area contributed by atoms with Crippen molar-refractivity contribution in [1.82, 2.24) is 9.71 Å². The first-order valence-corrected chi connectivity index (χ1v) is 8.12. The Labute approximate surface area is 118 Å². The summed E-state index contributed by atoms with van der Waals surface area (Å²) in [4.78, 5) is 3.59. The molecule has 2 N–H and O–H groups in total. The van der Waals surface area contributed by atoms with Crippen LogP contribution in [0.3, 0.4) is 0 Å². The van der Waals surface area contributed by atoms with Gasteiger partial charge in [-0.15, -0.1) is 0 Å². The summed E-state index contributed by atoms with van der Waals surface area (Å²) in [6.45, 7) is 1.79. The van der Waals surface area contributed by atoms with Gasteiger partial charge in [0.15, 0.2) is 5.82 Å². The fourth-order valence-electron chi connectivity index (χ4n) is 2.51. The lowest BCUT2D eigenvalue weighted by atomic mass is 9.78. The molecule has 1 fully saturated rings. The number of hydrogen-bond donors (Lipinski definition) is 2. The molecule has 1 aliphatic rings. The third kappa shape index (κ3) is 3.16. The Bertz CT molecular complexity index is 569. The summed E-state index contributed by atoms with van der Waals surface area (Å²) >= 11 is 0. The molecule has 112 valence electrons. The van der Waals surface area contributed by atoms with E-state index >= 15 is 0 Å². The number of nitrogens with zero attached hydrogens (tertiary/aromatic N) is 1. The molecule has 20 heavy (non-hydrogen) atoms. The van der Waals surface area contributed by atoms with Gasteiger partial charge in [-0.1, -0.05) is 6.92 Å². The molecular formula is C13H19FN2O3S. The molecule has 0 aromatic carbocycles. The van der Waals surface area contributed by atoms with E-state index in [1.807, 2.05) is 0 Å². The predicted molar refractivity (Wildman–Crippen MR) is 72.0 cm³/mol. The molecule has 5 nitrogen and oxygen atoms in total. The van der Waals surface area contributed by atoms with Crippen LogP contribution < -0.4 is 4.72 Å². The van der Waals surface area contributed by atoms with Crippen molar-refractivity contribution in [3.8, 4) is 0 Å². The molecule has 1 aromatic rings. The lowest BCUT2D eigenvalue weighted by molar-refractivity contribution is 0.125. The molecule has 0 unspecified atom stereocenters. The van der Waals surface area contributed by atoms with Crippen LogP contribution in [0.5, 0.6) is 0 Å². The van der Waals surface area contributed by atoms with E-state index in [0.717, 1.165) is 18.9 Å². The van der Waals surface area contributed by atoms with Crippen LogP contribution in [0.2, 0.25) is 0 Å². The molecule has 0 amide bonds. The van der Waals surface area contributed by atoms with E-state index in [2.05, 4.69) is 16.6 Å². The summed E-state index contributed by atoms with van der Waals surface area (Å²) in [6.07, 6.45) is 3.96. The molecule has 0 saturated heterocycles. The normalized spacial score (nSPS) is 27.4. The molecule has 1 heterocycles. The minimum absolute atomic E-state index is 0.298. The highest BCUT2D eigenvalue weighted by molar-refractivity contribution is 7.89. The number of halogens is 1. The summed E-state index contributed by atoms with van der Waals surface area (Å²) in [6, 6.07) is 2.38. The second kappa shape index (κ2) is 5.75. The van der Waals surface area contributed by atoms with Gasteiger partial charge in [-0.25, -0.2) is 22.5 Å². The Morgan fingerprint density at radius 3 is 2.70 bits per heavy atom. The maximum absolute atomic E-state index is 13.6. The average Bonchev–Trinajstić information content (AvgIpc) is 2.42. The Morgan fingerprint density at radius 1 is 1.50 bits per heavy atom. The van der Waals surface area contributed by atoms with Crippen LogP contribution in [-0.2, 0) is 10.0 Å². The predicted octanol–water partition coefficient (Wildman–Crippen LogP) is 1.44. The van der Waals surface area contributed by atoms with Crippen molar-refractivity contribution in [1.29, 1.82) is 0 Å². The number of nitrogens with one attached hydrogen (secondary N) is 1. The first-order valence-electron chi connectivity index (χ1n) is 6.64. The van der Waals surface area contributed by atoms with Gasteiger partial charge >= 0.3 is 0 Å². The van der Waals surface area contributed by atoms with E-state index in [0.29, 0.717) is 18.8 Å². The first kappa shape index (κ1) is 15.3. The highest BCUT2D eigenvalue weighted by Crippen LogP contribution is 2.32. The van der Waals surface area contributed by atoms with Crippen molar-refractivity contribution in [2.75, 3.05) is 6.61 Å². The second-order valence-electron chi connectivity index (χ2n) is 5.52. The molecule has 0 spiro atoms. The van der Waals surface area contributed by atoms with E-state index in [4.69, 9.17) is 0 Å². The summed E-state index contributed by atoms with van der Waals surface area (Å²) in [5.41, 5.74) is -0.907. The highest BCUT2D eigenvalue weighted by atomic mass is 32.2. The maximum atomic E-state index is 13.6. The Balaban J connectivity index is 2.25. The average molecular weight is 302 g/mol. The lowest BCUT2D eigenvalue weighted by Crippen LogP contribution is -2.53. The number of pyridine rings is 1. The highest BCUT2D eigenvalue weighted by Gasteiger charge is 2.38. The molecule has 1 aliphatic carbocycles. The SMILES string of the molecule is CC1CCC(CO)(NS(=O)(=O)c2ncccc2F)CC1. The van der Waals surface area contributed by atoms with Crippen LogP contribution in [0, 0.1) is 11.7 Å². The Hall–Kier alpha value is -1.05. The van der Waals surface area contributed by atoms with E-state index in [9.17, 15) is 17.9 Å². The number of aliphatic hydroxyl groups excluding tert-OH is 1. The molecule has 0 aliphatic heterocycles. The molecule has 7 heteroatoms. The standard InChI is InChI=1S/C13H19FN2O3S/c1-10-4-6-13(9-17,7-5-10)16-20(18,19)12-11(14)3-2-8-15-12/h2-3,8,10,16-17H,4-7,9H2,1H3. The Kier molecular flexibility index (Phi) is 4.41. The molecule has 2 rings (SSSR count). The van der Waals surface area contributed by atoms with Crippen LogP contribution in [0.4, 0.5) is 4.39 Å². The largest absolute Gasteiger partial charge is 0.394 e. The van der Waals surface area contributed by atoms with Crippen molar-refractivity contribution in [2.24, 2.45) is 5.92 Å². The molecule has 0 radical (unpaired) electrons. The van der Waals surface area contributed by atoms with E-state index < -0.39 is 26.4 Å². The molecule has 1 aromatic heterocycles. The monoisotopic (exact) mass is 302 g/mol.